The van der Waals surface area contributed by atoms with E-state index in [1.165, 1.54) is 19.2 Å². The second-order valence-electron chi connectivity index (χ2n) is 4.94. The molecule has 0 unspecified atom stereocenters. The maximum Gasteiger partial charge on any atom is 0.244 e. The third-order valence-electron chi connectivity index (χ3n) is 3.01. The quantitative estimate of drug-likeness (QED) is 0.828. The predicted octanol–water partition coefficient (Wildman–Crippen LogP) is 3.09. The molecule has 0 aromatic heterocycles. The van der Waals surface area contributed by atoms with Gasteiger partial charge in [0.05, 0.1) is 13.2 Å². The van der Waals surface area contributed by atoms with Crippen molar-refractivity contribution in [2.75, 3.05) is 13.7 Å². The number of hydrogen-bond acceptors (Lipinski definition) is 4. The Kier molecular flexibility index (Phi) is 5.87. The molecule has 0 heterocycles. The summed E-state index contributed by atoms with van der Waals surface area (Å²) < 4.78 is 38.1. The Hall–Kier alpha value is -1.76. The lowest BCUT2D eigenvalue weighted by atomic mass is 10.3. The van der Waals surface area contributed by atoms with E-state index in [9.17, 15) is 8.42 Å². The van der Waals surface area contributed by atoms with Crippen molar-refractivity contribution >= 4 is 21.6 Å². The largest absolute Gasteiger partial charge is 0.495 e. The fraction of sp³-hybridized carbons (Fsp3) is 0.250. The van der Waals surface area contributed by atoms with Crippen molar-refractivity contribution in [3.8, 4) is 11.5 Å². The van der Waals surface area contributed by atoms with Gasteiger partial charge in [0.1, 0.15) is 23.0 Å². The molecule has 0 spiro atoms. The second-order valence-corrected chi connectivity index (χ2v) is 7.06. The van der Waals surface area contributed by atoms with Gasteiger partial charge < -0.3 is 9.47 Å². The van der Waals surface area contributed by atoms with Crippen molar-refractivity contribution < 1.29 is 17.9 Å². The van der Waals surface area contributed by atoms with Crippen LogP contribution in [0.5, 0.6) is 11.5 Å². The highest BCUT2D eigenvalue weighted by atomic mass is 35.5. The smallest absolute Gasteiger partial charge is 0.244 e. The van der Waals surface area contributed by atoms with Gasteiger partial charge in [0, 0.05) is 5.02 Å². The molecule has 124 valence electrons. The van der Waals surface area contributed by atoms with E-state index in [1.54, 1.807) is 25.1 Å². The van der Waals surface area contributed by atoms with Crippen molar-refractivity contribution in [1.29, 1.82) is 0 Å². The Labute approximate surface area is 141 Å². The molecule has 1 atom stereocenters. The first kappa shape index (κ1) is 17.6. The molecule has 0 amide bonds. The van der Waals surface area contributed by atoms with Gasteiger partial charge in [-0.1, -0.05) is 29.8 Å². The number of ether oxygens (including phenoxy) is 2. The highest BCUT2D eigenvalue weighted by Gasteiger charge is 2.22. The SMILES string of the molecule is COc1ccc(Cl)cc1S(=O)(=O)N[C@H](C)COc1ccccc1. The minimum absolute atomic E-state index is 0.000869. The van der Waals surface area contributed by atoms with E-state index in [-0.39, 0.29) is 17.3 Å². The maximum absolute atomic E-state index is 12.5. The first-order valence-corrected chi connectivity index (χ1v) is 8.82. The highest BCUT2D eigenvalue weighted by molar-refractivity contribution is 7.89. The molecule has 2 aromatic rings. The van der Waals surface area contributed by atoms with Crippen LogP contribution in [0.4, 0.5) is 0 Å². The molecule has 0 aliphatic rings. The molecule has 2 rings (SSSR count). The number of halogens is 1. The van der Waals surface area contributed by atoms with E-state index in [2.05, 4.69) is 4.72 Å². The van der Waals surface area contributed by atoms with Gasteiger partial charge in [0.25, 0.3) is 0 Å². The number of para-hydroxylation sites is 1. The van der Waals surface area contributed by atoms with Crippen molar-refractivity contribution in [2.45, 2.75) is 17.9 Å². The fourth-order valence-electron chi connectivity index (χ4n) is 1.96. The molecule has 0 bridgehead atoms. The Morgan fingerprint density at radius 3 is 2.52 bits per heavy atom. The molecule has 5 nitrogen and oxygen atoms in total. The van der Waals surface area contributed by atoms with Crippen molar-refractivity contribution in [1.82, 2.24) is 4.72 Å². The molecule has 0 radical (unpaired) electrons. The fourth-order valence-corrected chi connectivity index (χ4v) is 3.62. The molecule has 7 heteroatoms. The molecule has 0 aliphatic heterocycles. The summed E-state index contributed by atoms with van der Waals surface area (Å²) in [7, 11) is -2.36. The molecule has 0 fully saturated rings. The lowest BCUT2D eigenvalue weighted by Crippen LogP contribution is -2.36. The van der Waals surface area contributed by atoms with Crippen LogP contribution in [0.3, 0.4) is 0 Å². The lowest BCUT2D eigenvalue weighted by Gasteiger charge is -2.16. The average Bonchev–Trinajstić information content (AvgIpc) is 2.53. The van der Waals surface area contributed by atoms with Crippen molar-refractivity contribution in [2.24, 2.45) is 0 Å². The number of hydrogen-bond donors (Lipinski definition) is 1. The summed E-state index contributed by atoms with van der Waals surface area (Å²) in [5, 5.41) is 0.319. The van der Waals surface area contributed by atoms with Crippen LogP contribution in [-0.2, 0) is 10.0 Å². The second kappa shape index (κ2) is 7.68. The summed E-state index contributed by atoms with van der Waals surface area (Å²) in [6.45, 7) is 1.92. The Balaban J connectivity index is 2.07. The summed E-state index contributed by atoms with van der Waals surface area (Å²) >= 11 is 5.89. The first-order chi connectivity index (χ1) is 10.9. The zero-order chi connectivity index (χ0) is 16.9. The Bertz CT molecular complexity index is 750. The number of methoxy groups -OCH3 is 1. The molecular formula is C16H18ClNO4S. The molecule has 0 aliphatic carbocycles. The molecular weight excluding hydrogens is 338 g/mol. The zero-order valence-corrected chi connectivity index (χ0v) is 14.4. The van der Waals surface area contributed by atoms with E-state index < -0.39 is 16.1 Å². The monoisotopic (exact) mass is 355 g/mol. The number of nitrogens with one attached hydrogen (secondary N) is 1. The van der Waals surface area contributed by atoms with E-state index in [0.717, 1.165) is 0 Å². The van der Waals surface area contributed by atoms with E-state index in [4.69, 9.17) is 21.1 Å². The van der Waals surface area contributed by atoms with E-state index >= 15 is 0 Å². The zero-order valence-electron chi connectivity index (χ0n) is 12.8. The normalized spacial score (nSPS) is 12.7. The van der Waals surface area contributed by atoms with Crippen LogP contribution < -0.4 is 14.2 Å². The highest BCUT2D eigenvalue weighted by Crippen LogP contribution is 2.27. The molecule has 1 N–H and O–H groups in total. The Morgan fingerprint density at radius 1 is 1.17 bits per heavy atom. The third-order valence-corrected chi connectivity index (χ3v) is 4.86. The standard InChI is InChI=1S/C16H18ClNO4S/c1-12(11-22-14-6-4-3-5-7-14)18-23(19,20)16-10-13(17)8-9-15(16)21-2/h3-10,12,18H,11H2,1-2H3/t12-/m1/s1. The van der Waals surface area contributed by atoms with Crippen LogP contribution in [0.25, 0.3) is 0 Å². The number of benzene rings is 2. The summed E-state index contributed by atoms with van der Waals surface area (Å²) in [5.74, 6) is 0.914. The third kappa shape index (κ3) is 4.86. The molecule has 0 saturated carbocycles. The first-order valence-electron chi connectivity index (χ1n) is 6.96. The van der Waals surface area contributed by atoms with E-state index in [0.29, 0.717) is 10.8 Å². The average molecular weight is 356 g/mol. The number of sulfonamides is 1. The van der Waals surface area contributed by atoms with Crippen LogP contribution in [0.1, 0.15) is 6.92 Å². The summed E-state index contributed by atoms with van der Waals surface area (Å²) in [6, 6.07) is 13.2. The predicted molar refractivity (Wildman–Crippen MR) is 89.7 cm³/mol. The summed E-state index contributed by atoms with van der Waals surface area (Å²) in [5.41, 5.74) is 0. The minimum atomic E-state index is -3.77. The molecule has 2 aromatic carbocycles. The topological polar surface area (TPSA) is 64.6 Å². The van der Waals surface area contributed by atoms with Crippen molar-refractivity contribution in [3.05, 3.63) is 53.6 Å². The van der Waals surface area contributed by atoms with Crippen LogP contribution >= 0.6 is 11.6 Å². The van der Waals surface area contributed by atoms with Crippen LogP contribution in [0, 0.1) is 0 Å². The van der Waals surface area contributed by atoms with E-state index in [1.807, 2.05) is 18.2 Å². The van der Waals surface area contributed by atoms with Crippen LogP contribution in [0.2, 0.25) is 5.02 Å². The van der Waals surface area contributed by atoms with Gasteiger partial charge in [-0.2, -0.15) is 0 Å². The maximum atomic E-state index is 12.5. The van der Waals surface area contributed by atoms with Gasteiger partial charge in [0.2, 0.25) is 10.0 Å². The summed E-state index contributed by atoms with van der Waals surface area (Å²) in [6.07, 6.45) is 0. The van der Waals surface area contributed by atoms with Gasteiger partial charge in [0.15, 0.2) is 0 Å². The van der Waals surface area contributed by atoms with Crippen LogP contribution in [0.15, 0.2) is 53.4 Å². The van der Waals surface area contributed by atoms with Gasteiger partial charge >= 0.3 is 0 Å². The van der Waals surface area contributed by atoms with Crippen molar-refractivity contribution in [3.63, 3.8) is 0 Å². The molecule has 23 heavy (non-hydrogen) atoms. The Morgan fingerprint density at radius 2 is 1.87 bits per heavy atom. The molecule has 0 saturated heterocycles. The van der Waals surface area contributed by atoms with Gasteiger partial charge in [-0.3, -0.25) is 0 Å². The number of rotatable bonds is 7. The minimum Gasteiger partial charge on any atom is -0.495 e. The van der Waals surface area contributed by atoms with Crippen LogP contribution in [-0.4, -0.2) is 28.2 Å². The van der Waals surface area contributed by atoms with Gasteiger partial charge in [-0.25, -0.2) is 13.1 Å². The van der Waals surface area contributed by atoms with Gasteiger partial charge in [-0.05, 0) is 37.3 Å². The summed E-state index contributed by atoms with van der Waals surface area (Å²) in [4.78, 5) is -0.000869. The van der Waals surface area contributed by atoms with Gasteiger partial charge in [-0.15, -0.1) is 0 Å². The lowest BCUT2D eigenvalue weighted by molar-refractivity contribution is 0.287.